The number of rotatable bonds is 1. The summed E-state index contributed by atoms with van der Waals surface area (Å²) in [6.07, 6.45) is 2.10. The van der Waals surface area contributed by atoms with Gasteiger partial charge in [-0.05, 0) is 41.0 Å². The Balaban J connectivity index is 2.84. The third-order valence-corrected chi connectivity index (χ3v) is 4.76. The Bertz CT molecular complexity index is 450. The van der Waals surface area contributed by atoms with Crippen molar-refractivity contribution in [3.8, 4) is 0 Å². The predicted molar refractivity (Wildman–Crippen MR) is 71.3 cm³/mol. The van der Waals surface area contributed by atoms with E-state index in [1.807, 2.05) is 5.38 Å². The smallest absolute Gasteiger partial charge is 0.0592 e. The van der Waals surface area contributed by atoms with Crippen molar-refractivity contribution in [3.63, 3.8) is 0 Å². The molecule has 1 heterocycles. The highest BCUT2D eigenvalue weighted by Crippen LogP contribution is 2.37. The van der Waals surface area contributed by atoms with Gasteiger partial charge in [-0.2, -0.15) is 0 Å². The molecule has 68 valence electrons. The summed E-state index contributed by atoms with van der Waals surface area (Å²) in [5, 5.41) is 4.05. The van der Waals surface area contributed by atoms with Crippen LogP contribution in [0, 0.1) is 3.57 Å². The van der Waals surface area contributed by atoms with Gasteiger partial charge in [0.15, 0.2) is 0 Å². The number of thiophene rings is 1. The number of halogens is 2. The predicted octanol–water partition coefficient (Wildman–Crippen LogP) is 4.88. The first kappa shape index (κ1) is 10.1. The monoisotopic (exact) mass is 340 g/mol. The standard InChI is InChI=1S/C9H6ClIS2/c1-12-8-3-5(11)2-6-7(10)4-13-9(6)8/h2-4H,1H3. The SMILES string of the molecule is CSc1cc(I)cc2c(Cl)csc12. The van der Waals surface area contributed by atoms with E-state index in [0.29, 0.717) is 0 Å². The van der Waals surface area contributed by atoms with Crippen molar-refractivity contribution in [3.05, 3.63) is 26.1 Å². The zero-order valence-corrected chi connectivity index (χ0v) is 11.4. The highest BCUT2D eigenvalue weighted by Gasteiger charge is 2.07. The van der Waals surface area contributed by atoms with Gasteiger partial charge in [-0.25, -0.2) is 0 Å². The van der Waals surface area contributed by atoms with Crippen molar-refractivity contribution in [2.24, 2.45) is 0 Å². The van der Waals surface area contributed by atoms with Crippen LogP contribution in [0.15, 0.2) is 22.4 Å². The fourth-order valence-electron chi connectivity index (χ4n) is 1.19. The highest BCUT2D eigenvalue weighted by atomic mass is 127. The molecule has 1 aromatic carbocycles. The number of thioether (sulfide) groups is 1. The highest BCUT2D eigenvalue weighted by molar-refractivity contribution is 14.1. The summed E-state index contributed by atoms with van der Waals surface area (Å²) in [7, 11) is 0. The maximum absolute atomic E-state index is 6.07. The van der Waals surface area contributed by atoms with Gasteiger partial charge in [0, 0.05) is 23.9 Å². The molecule has 0 aliphatic carbocycles. The lowest BCUT2D eigenvalue weighted by Gasteiger charge is -2.00. The first-order valence-corrected chi connectivity index (χ1v) is 7.18. The molecule has 1 aromatic heterocycles. The zero-order valence-electron chi connectivity index (χ0n) is 6.80. The Labute approximate surface area is 104 Å². The summed E-state index contributed by atoms with van der Waals surface area (Å²) in [5.41, 5.74) is 0. The van der Waals surface area contributed by atoms with Gasteiger partial charge in [0.1, 0.15) is 0 Å². The fourth-order valence-corrected chi connectivity index (χ4v) is 4.12. The molecule has 0 fully saturated rings. The lowest BCUT2D eigenvalue weighted by Crippen LogP contribution is -1.75. The maximum Gasteiger partial charge on any atom is 0.0592 e. The summed E-state index contributed by atoms with van der Waals surface area (Å²) >= 11 is 11.9. The summed E-state index contributed by atoms with van der Waals surface area (Å²) in [4.78, 5) is 1.32. The molecule has 0 radical (unpaired) electrons. The van der Waals surface area contributed by atoms with Crippen LogP contribution in [-0.2, 0) is 0 Å². The molecule has 2 rings (SSSR count). The molecule has 0 aliphatic rings. The Morgan fingerprint density at radius 3 is 2.92 bits per heavy atom. The van der Waals surface area contributed by atoms with Gasteiger partial charge >= 0.3 is 0 Å². The van der Waals surface area contributed by atoms with E-state index in [2.05, 4.69) is 41.0 Å². The van der Waals surface area contributed by atoms with E-state index in [1.165, 1.54) is 18.6 Å². The largest absolute Gasteiger partial charge is 0.141 e. The molecular formula is C9H6ClIS2. The molecule has 0 aliphatic heterocycles. The molecular weight excluding hydrogens is 335 g/mol. The summed E-state index contributed by atoms with van der Waals surface area (Å²) in [6.45, 7) is 0. The molecule has 0 N–H and O–H groups in total. The third-order valence-electron chi connectivity index (χ3n) is 1.78. The van der Waals surface area contributed by atoms with E-state index in [-0.39, 0.29) is 0 Å². The normalized spacial score (nSPS) is 11.0. The van der Waals surface area contributed by atoms with Crippen molar-refractivity contribution < 1.29 is 0 Å². The van der Waals surface area contributed by atoms with Crippen molar-refractivity contribution in [1.29, 1.82) is 0 Å². The van der Waals surface area contributed by atoms with Crippen LogP contribution in [0.2, 0.25) is 5.02 Å². The first-order valence-electron chi connectivity index (χ1n) is 3.62. The lowest BCUT2D eigenvalue weighted by molar-refractivity contribution is 1.55. The Hall–Kier alpha value is 0.550. The molecule has 2 aromatic rings. The van der Waals surface area contributed by atoms with E-state index in [1.54, 1.807) is 23.1 Å². The van der Waals surface area contributed by atoms with E-state index >= 15 is 0 Å². The Morgan fingerprint density at radius 2 is 2.23 bits per heavy atom. The summed E-state index contributed by atoms with van der Waals surface area (Å²) in [5.74, 6) is 0. The van der Waals surface area contributed by atoms with E-state index in [9.17, 15) is 0 Å². The van der Waals surface area contributed by atoms with Gasteiger partial charge in [-0.1, -0.05) is 11.6 Å². The second-order valence-corrected chi connectivity index (χ2v) is 5.95. The van der Waals surface area contributed by atoms with Crippen LogP contribution >= 0.6 is 57.3 Å². The van der Waals surface area contributed by atoms with Gasteiger partial charge in [0.25, 0.3) is 0 Å². The van der Waals surface area contributed by atoms with E-state index < -0.39 is 0 Å². The fraction of sp³-hybridized carbons (Fsp3) is 0.111. The van der Waals surface area contributed by atoms with Crippen LogP contribution in [0.25, 0.3) is 10.1 Å². The van der Waals surface area contributed by atoms with Gasteiger partial charge < -0.3 is 0 Å². The lowest BCUT2D eigenvalue weighted by atomic mass is 10.3. The number of hydrogen-bond acceptors (Lipinski definition) is 2. The molecule has 13 heavy (non-hydrogen) atoms. The van der Waals surface area contributed by atoms with Crippen molar-refractivity contribution >= 4 is 67.4 Å². The number of hydrogen-bond donors (Lipinski definition) is 0. The minimum atomic E-state index is 0.869. The quantitative estimate of drug-likeness (QED) is 0.526. The van der Waals surface area contributed by atoms with Crippen LogP contribution in [-0.4, -0.2) is 6.26 Å². The van der Waals surface area contributed by atoms with Crippen LogP contribution < -0.4 is 0 Å². The van der Waals surface area contributed by atoms with E-state index in [4.69, 9.17) is 11.6 Å². The van der Waals surface area contributed by atoms with Crippen molar-refractivity contribution in [2.75, 3.05) is 6.26 Å². The number of fused-ring (bicyclic) bond motifs is 1. The summed E-state index contributed by atoms with van der Waals surface area (Å²) < 4.78 is 2.55. The second-order valence-electron chi connectivity index (χ2n) is 2.57. The minimum Gasteiger partial charge on any atom is -0.141 e. The van der Waals surface area contributed by atoms with Crippen LogP contribution in [0.3, 0.4) is 0 Å². The Kier molecular flexibility index (Phi) is 3.07. The molecule has 4 heteroatoms. The number of benzene rings is 1. The van der Waals surface area contributed by atoms with Crippen LogP contribution in [0.4, 0.5) is 0 Å². The van der Waals surface area contributed by atoms with Crippen LogP contribution in [0.1, 0.15) is 0 Å². The molecule has 0 bridgehead atoms. The zero-order chi connectivity index (χ0) is 9.42. The molecule has 0 nitrogen and oxygen atoms in total. The molecule has 0 spiro atoms. The minimum absolute atomic E-state index is 0.869. The van der Waals surface area contributed by atoms with E-state index in [0.717, 1.165) is 5.02 Å². The van der Waals surface area contributed by atoms with Crippen molar-refractivity contribution in [1.82, 2.24) is 0 Å². The topological polar surface area (TPSA) is 0 Å². The third kappa shape index (κ3) is 1.84. The second kappa shape index (κ2) is 3.96. The molecule has 0 amide bonds. The van der Waals surface area contributed by atoms with Crippen molar-refractivity contribution in [2.45, 2.75) is 4.90 Å². The van der Waals surface area contributed by atoms with Gasteiger partial charge in [0.2, 0.25) is 0 Å². The average Bonchev–Trinajstić information content (AvgIpc) is 2.47. The molecule has 0 saturated carbocycles. The molecule has 0 saturated heterocycles. The maximum atomic E-state index is 6.07. The first-order chi connectivity index (χ1) is 6.22. The van der Waals surface area contributed by atoms with Gasteiger partial charge in [-0.15, -0.1) is 23.1 Å². The average molecular weight is 341 g/mol. The van der Waals surface area contributed by atoms with Gasteiger partial charge in [0.05, 0.1) is 5.02 Å². The van der Waals surface area contributed by atoms with Crippen LogP contribution in [0.5, 0.6) is 0 Å². The summed E-state index contributed by atoms with van der Waals surface area (Å²) in [6, 6.07) is 4.33. The molecule has 0 atom stereocenters. The molecule has 0 unspecified atom stereocenters. The van der Waals surface area contributed by atoms with Gasteiger partial charge in [-0.3, -0.25) is 0 Å². The Morgan fingerprint density at radius 1 is 1.46 bits per heavy atom.